The van der Waals surface area contributed by atoms with Crippen molar-refractivity contribution in [1.29, 1.82) is 0 Å². The van der Waals surface area contributed by atoms with Crippen molar-refractivity contribution in [2.45, 2.75) is 13.5 Å². The van der Waals surface area contributed by atoms with Gasteiger partial charge in [0.05, 0.1) is 25.9 Å². The number of nitrogen functional groups attached to an aromatic ring is 1. The van der Waals surface area contributed by atoms with Gasteiger partial charge in [-0.3, -0.25) is 4.90 Å². The van der Waals surface area contributed by atoms with Crippen molar-refractivity contribution in [3.63, 3.8) is 0 Å². The van der Waals surface area contributed by atoms with Gasteiger partial charge >= 0.3 is 6.09 Å². The molecule has 0 unspecified atom stereocenters. The fourth-order valence-electron chi connectivity index (χ4n) is 2.97. The Morgan fingerprint density at radius 2 is 2.00 bits per heavy atom. The van der Waals surface area contributed by atoms with E-state index < -0.39 is 0 Å². The van der Waals surface area contributed by atoms with Gasteiger partial charge < -0.3 is 25.4 Å². The summed E-state index contributed by atoms with van der Waals surface area (Å²) < 4.78 is 10.4. The molecule has 3 rings (SSSR count). The van der Waals surface area contributed by atoms with Crippen LogP contribution in [0.1, 0.15) is 12.7 Å². The highest BCUT2D eigenvalue weighted by Crippen LogP contribution is 2.29. The van der Waals surface area contributed by atoms with E-state index in [2.05, 4.69) is 25.2 Å². The number of rotatable bonds is 6. The van der Waals surface area contributed by atoms with Crippen LogP contribution in [0, 0.1) is 0 Å². The predicted molar refractivity (Wildman–Crippen MR) is 109 cm³/mol. The number of nitrogens with one attached hydrogen (secondary N) is 1. The highest BCUT2D eigenvalue weighted by Gasteiger charge is 2.22. The zero-order valence-electron chi connectivity index (χ0n) is 16.4. The number of nitrogens with zero attached hydrogens (tertiary/aromatic N) is 5. The van der Waals surface area contributed by atoms with Crippen molar-refractivity contribution in [3.05, 3.63) is 29.0 Å². The van der Waals surface area contributed by atoms with E-state index in [-0.39, 0.29) is 12.0 Å². The Balaban J connectivity index is 1.66. The SMILES string of the molecule is CCOC(=O)N1CCN(Cc2nc(N)nc(Nc3cc(Cl)ccc3OC)n2)CC1. The van der Waals surface area contributed by atoms with Crippen molar-refractivity contribution < 1.29 is 14.3 Å². The van der Waals surface area contributed by atoms with Crippen molar-refractivity contribution >= 4 is 35.3 Å². The second-order valence-corrected chi connectivity index (χ2v) is 6.80. The average molecular weight is 422 g/mol. The molecule has 0 spiro atoms. The van der Waals surface area contributed by atoms with Gasteiger partial charge in [-0.15, -0.1) is 0 Å². The molecular formula is C18H24ClN7O3. The van der Waals surface area contributed by atoms with Gasteiger partial charge in [-0.05, 0) is 25.1 Å². The van der Waals surface area contributed by atoms with Crippen molar-refractivity contribution in [2.75, 3.05) is 50.9 Å². The van der Waals surface area contributed by atoms with Gasteiger partial charge in [-0.1, -0.05) is 11.6 Å². The first-order chi connectivity index (χ1) is 14.0. The number of benzene rings is 1. The molecule has 0 atom stereocenters. The van der Waals surface area contributed by atoms with E-state index in [4.69, 9.17) is 26.8 Å². The smallest absolute Gasteiger partial charge is 0.409 e. The van der Waals surface area contributed by atoms with Crippen LogP contribution in [0.3, 0.4) is 0 Å². The highest BCUT2D eigenvalue weighted by atomic mass is 35.5. The minimum atomic E-state index is -0.279. The second kappa shape index (κ2) is 9.57. The number of anilines is 3. The van der Waals surface area contributed by atoms with Crippen LogP contribution < -0.4 is 15.8 Å². The lowest BCUT2D eigenvalue weighted by atomic mass is 10.3. The standard InChI is InChI=1S/C18H24ClN7O3/c1-3-29-18(27)26-8-6-25(7-9-26)11-15-22-16(20)24-17(23-15)21-13-10-12(19)4-5-14(13)28-2/h4-5,10H,3,6-9,11H2,1-2H3,(H3,20,21,22,23,24). The van der Waals surface area contributed by atoms with E-state index in [9.17, 15) is 4.79 Å². The molecule has 156 valence electrons. The summed E-state index contributed by atoms with van der Waals surface area (Å²) in [6, 6.07) is 5.20. The third kappa shape index (κ3) is 5.58. The van der Waals surface area contributed by atoms with E-state index in [1.807, 2.05) is 0 Å². The third-order valence-electron chi connectivity index (χ3n) is 4.37. The topological polar surface area (TPSA) is 119 Å². The molecule has 2 aromatic rings. The number of aromatic nitrogens is 3. The Morgan fingerprint density at radius 1 is 1.24 bits per heavy atom. The number of halogens is 1. The second-order valence-electron chi connectivity index (χ2n) is 6.37. The molecule has 1 aromatic carbocycles. The molecule has 11 heteroatoms. The molecule has 1 amide bonds. The normalized spacial score (nSPS) is 14.5. The number of hydrogen-bond donors (Lipinski definition) is 2. The molecule has 10 nitrogen and oxygen atoms in total. The summed E-state index contributed by atoms with van der Waals surface area (Å²) in [4.78, 5) is 28.5. The number of piperazine rings is 1. The lowest BCUT2D eigenvalue weighted by molar-refractivity contribution is 0.0772. The monoisotopic (exact) mass is 421 g/mol. The molecule has 2 heterocycles. The Hall–Kier alpha value is -2.85. The van der Waals surface area contributed by atoms with Gasteiger partial charge in [0, 0.05) is 31.2 Å². The van der Waals surface area contributed by atoms with Crippen molar-refractivity contribution in [1.82, 2.24) is 24.8 Å². The maximum absolute atomic E-state index is 11.8. The van der Waals surface area contributed by atoms with Crippen LogP contribution in [0.5, 0.6) is 5.75 Å². The lowest BCUT2D eigenvalue weighted by Crippen LogP contribution is -2.48. The van der Waals surface area contributed by atoms with Crippen LogP contribution in [0.4, 0.5) is 22.4 Å². The summed E-state index contributed by atoms with van der Waals surface area (Å²) in [5, 5.41) is 3.63. The zero-order valence-corrected chi connectivity index (χ0v) is 17.1. The molecule has 0 bridgehead atoms. The molecule has 1 fully saturated rings. The number of carbonyl (C=O) groups is 1. The number of ether oxygens (including phenoxy) is 2. The molecule has 1 aliphatic heterocycles. The molecule has 0 aliphatic carbocycles. The quantitative estimate of drug-likeness (QED) is 0.722. The lowest BCUT2D eigenvalue weighted by Gasteiger charge is -2.33. The Labute approximate surface area is 174 Å². The van der Waals surface area contributed by atoms with E-state index >= 15 is 0 Å². The first-order valence-electron chi connectivity index (χ1n) is 9.23. The summed E-state index contributed by atoms with van der Waals surface area (Å²) in [5.41, 5.74) is 6.49. The van der Waals surface area contributed by atoms with E-state index in [1.165, 1.54) is 0 Å². The van der Waals surface area contributed by atoms with Crippen LogP contribution in [0.25, 0.3) is 0 Å². The molecule has 29 heavy (non-hydrogen) atoms. The average Bonchev–Trinajstić information content (AvgIpc) is 2.68. The number of carbonyl (C=O) groups excluding carboxylic acids is 1. The first kappa shape index (κ1) is 20.9. The van der Waals surface area contributed by atoms with Gasteiger partial charge in [0.2, 0.25) is 11.9 Å². The summed E-state index contributed by atoms with van der Waals surface area (Å²) >= 11 is 6.07. The van der Waals surface area contributed by atoms with Gasteiger partial charge in [0.1, 0.15) is 11.6 Å². The van der Waals surface area contributed by atoms with Crippen LogP contribution in [0.2, 0.25) is 5.02 Å². The Kier molecular flexibility index (Phi) is 6.89. The van der Waals surface area contributed by atoms with E-state index in [0.29, 0.717) is 67.6 Å². The first-order valence-corrected chi connectivity index (χ1v) is 9.61. The summed E-state index contributed by atoms with van der Waals surface area (Å²) in [6.07, 6.45) is -0.279. The molecule has 1 aliphatic rings. The van der Waals surface area contributed by atoms with Gasteiger partial charge in [-0.25, -0.2) is 4.79 Å². The van der Waals surface area contributed by atoms with Crippen LogP contribution in [-0.2, 0) is 11.3 Å². The van der Waals surface area contributed by atoms with Crippen LogP contribution >= 0.6 is 11.6 Å². The third-order valence-corrected chi connectivity index (χ3v) is 4.61. The van der Waals surface area contributed by atoms with Crippen LogP contribution in [0.15, 0.2) is 18.2 Å². The van der Waals surface area contributed by atoms with Crippen molar-refractivity contribution in [3.8, 4) is 5.75 Å². The minimum Gasteiger partial charge on any atom is -0.495 e. The van der Waals surface area contributed by atoms with Gasteiger partial charge in [0.25, 0.3) is 0 Å². The largest absolute Gasteiger partial charge is 0.495 e. The predicted octanol–water partition coefficient (Wildman–Crippen LogP) is 2.13. The number of amides is 1. The maximum Gasteiger partial charge on any atom is 0.409 e. The molecule has 1 aromatic heterocycles. The number of nitrogens with two attached hydrogens (primary N) is 1. The molecule has 3 N–H and O–H groups in total. The Bertz CT molecular complexity index is 859. The summed E-state index contributed by atoms with van der Waals surface area (Å²) in [7, 11) is 1.57. The van der Waals surface area contributed by atoms with Crippen molar-refractivity contribution in [2.24, 2.45) is 0 Å². The molecule has 0 radical (unpaired) electrons. The summed E-state index contributed by atoms with van der Waals surface area (Å²) in [6.45, 7) is 5.21. The number of hydrogen-bond acceptors (Lipinski definition) is 9. The molecule has 0 saturated carbocycles. The van der Waals surface area contributed by atoms with E-state index in [0.717, 1.165) is 0 Å². The maximum atomic E-state index is 11.8. The Morgan fingerprint density at radius 3 is 2.69 bits per heavy atom. The van der Waals surface area contributed by atoms with E-state index in [1.54, 1.807) is 37.1 Å². The fraction of sp³-hybridized carbons (Fsp3) is 0.444. The summed E-state index contributed by atoms with van der Waals surface area (Å²) in [5.74, 6) is 1.55. The van der Waals surface area contributed by atoms with Gasteiger partial charge in [0.15, 0.2) is 0 Å². The van der Waals surface area contributed by atoms with Crippen LogP contribution in [-0.4, -0.2) is 70.7 Å². The fourth-order valence-corrected chi connectivity index (χ4v) is 3.14. The van der Waals surface area contributed by atoms with Gasteiger partial charge in [-0.2, -0.15) is 15.0 Å². The zero-order chi connectivity index (χ0) is 20.8. The number of methoxy groups -OCH3 is 1. The molecular weight excluding hydrogens is 398 g/mol. The minimum absolute atomic E-state index is 0.114. The molecule has 1 saturated heterocycles. The highest BCUT2D eigenvalue weighted by molar-refractivity contribution is 6.31.